The van der Waals surface area contributed by atoms with Crippen molar-refractivity contribution in [1.29, 1.82) is 0 Å². The number of amides is 1. The third kappa shape index (κ3) is 3.23. The molecule has 0 saturated heterocycles. The second-order valence-electron chi connectivity index (χ2n) is 4.15. The van der Waals surface area contributed by atoms with Gasteiger partial charge in [0.05, 0.1) is 0 Å². The number of aryl methyl sites for hydroxylation is 1. The van der Waals surface area contributed by atoms with Gasteiger partial charge in [-0.2, -0.15) is 0 Å². The van der Waals surface area contributed by atoms with Gasteiger partial charge in [-0.15, -0.1) is 0 Å². The maximum Gasteiger partial charge on any atom is 0.265 e. The van der Waals surface area contributed by atoms with E-state index in [2.05, 4.69) is 15.6 Å². The van der Waals surface area contributed by atoms with Crippen molar-refractivity contribution in [3.8, 4) is 0 Å². The highest BCUT2D eigenvalue weighted by atomic mass is 32.1. The van der Waals surface area contributed by atoms with Crippen molar-refractivity contribution in [3.05, 3.63) is 40.3 Å². The molecule has 0 unspecified atom stereocenters. The van der Waals surface area contributed by atoms with E-state index in [1.165, 1.54) is 16.9 Å². The molecule has 0 bridgehead atoms. The maximum absolute atomic E-state index is 12.0. The summed E-state index contributed by atoms with van der Waals surface area (Å²) >= 11 is 1.25. The number of thiazole rings is 1. The fraction of sp³-hybridized carbons (Fsp3) is 0.231. The van der Waals surface area contributed by atoms with Crippen LogP contribution in [0, 0.1) is 6.92 Å². The quantitative estimate of drug-likeness (QED) is 0.798. The molecular weight excluding hydrogens is 260 g/mol. The summed E-state index contributed by atoms with van der Waals surface area (Å²) < 4.78 is 0. The molecule has 1 aromatic heterocycles. The molecule has 0 aliphatic rings. The van der Waals surface area contributed by atoms with E-state index in [1.807, 2.05) is 31.2 Å². The Bertz CT molecular complexity index is 577. The molecule has 2 rings (SSSR count). The molecule has 0 saturated carbocycles. The summed E-state index contributed by atoms with van der Waals surface area (Å²) in [6.45, 7) is 2.50. The van der Waals surface area contributed by atoms with Crippen LogP contribution < -0.4 is 16.4 Å². The van der Waals surface area contributed by atoms with Gasteiger partial charge in [-0.25, -0.2) is 4.98 Å². The molecule has 1 amide bonds. The zero-order chi connectivity index (χ0) is 13.8. The molecule has 5 nitrogen and oxygen atoms in total. The van der Waals surface area contributed by atoms with Crippen molar-refractivity contribution < 1.29 is 4.79 Å². The molecule has 1 heterocycles. The van der Waals surface area contributed by atoms with Crippen LogP contribution in [0.3, 0.4) is 0 Å². The Morgan fingerprint density at radius 1 is 1.37 bits per heavy atom. The molecule has 4 N–H and O–H groups in total. The van der Waals surface area contributed by atoms with Gasteiger partial charge >= 0.3 is 0 Å². The second-order valence-corrected chi connectivity index (χ2v) is 5.15. The number of nitrogens with zero attached hydrogens (tertiary/aromatic N) is 1. The molecule has 0 aliphatic heterocycles. The topological polar surface area (TPSA) is 80.0 Å². The first-order chi connectivity index (χ1) is 9.10. The van der Waals surface area contributed by atoms with E-state index in [1.54, 1.807) is 7.05 Å². The van der Waals surface area contributed by atoms with Crippen LogP contribution in [0.25, 0.3) is 0 Å². The molecule has 0 atom stereocenters. The van der Waals surface area contributed by atoms with Crippen LogP contribution in [0.1, 0.15) is 20.8 Å². The van der Waals surface area contributed by atoms with Crippen molar-refractivity contribution in [2.75, 3.05) is 18.1 Å². The van der Waals surface area contributed by atoms with Crippen molar-refractivity contribution in [2.24, 2.45) is 0 Å². The van der Waals surface area contributed by atoms with Gasteiger partial charge in [-0.3, -0.25) is 4.79 Å². The lowest BCUT2D eigenvalue weighted by atomic mass is 10.1. The number of rotatable bonds is 4. The van der Waals surface area contributed by atoms with E-state index in [-0.39, 0.29) is 11.7 Å². The molecule has 0 aliphatic carbocycles. The van der Waals surface area contributed by atoms with Crippen molar-refractivity contribution in [1.82, 2.24) is 10.3 Å². The van der Waals surface area contributed by atoms with Gasteiger partial charge in [-0.1, -0.05) is 41.2 Å². The first kappa shape index (κ1) is 13.4. The smallest absolute Gasteiger partial charge is 0.265 e. The summed E-state index contributed by atoms with van der Waals surface area (Å²) in [6.07, 6.45) is 0. The third-order valence-corrected chi connectivity index (χ3v) is 3.73. The van der Waals surface area contributed by atoms with Gasteiger partial charge < -0.3 is 16.4 Å². The fourth-order valence-corrected chi connectivity index (χ4v) is 2.32. The highest BCUT2D eigenvalue weighted by Gasteiger charge is 2.15. The maximum atomic E-state index is 12.0. The molecule has 1 aromatic carbocycles. The van der Waals surface area contributed by atoms with Crippen molar-refractivity contribution in [2.45, 2.75) is 13.5 Å². The van der Waals surface area contributed by atoms with Gasteiger partial charge in [0.25, 0.3) is 5.91 Å². The minimum absolute atomic E-state index is 0.197. The van der Waals surface area contributed by atoms with E-state index in [0.717, 1.165) is 5.56 Å². The van der Waals surface area contributed by atoms with Gasteiger partial charge in [0.15, 0.2) is 5.13 Å². The third-order valence-electron chi connectivity index (χ3n) is 2.65. The summed E-state index contributed by atoms with van der Waals surface area (Å²) in [5.74, 6) is 0.0628. The van der Waals surface area contributed by atoms with Gasteiger partial charge in [0.1, 0.15) is 10.7 Å². The second kappa shape index (κ2) is 5.71. The molecule has 0 radical (unpaired) electrons. The lowest BCUT2D eigenvalue weighted by molar-refractivity contribution is 0.0955. The van der Waals surface area contributed by atoms with Gasteiger partial charge in [0, 0.05) is 13.6 Å². The van der Waals surface area contributed by atoms with E-state index in [9.17, 15) is 4.79 Å². The van der Waals surface area contributed by atoms with Gasteiger partial charge in [-0.05, 0) is 12.5 Å². The molecule has 2 aromatic rings. The fourth-order valence-electron chi connectivity index (χ4n) is 1.57. The number of nitrogens with two attached hydrogens (primary N) is 1. The Morgan fingerprint density at radius 2 is 2.05 bits per heavy atom. The summed E-state index contributed by atoms with van der Waals surface area (Å²) in [5, 5.41) is 6.34. The van der Waals surface area contributed by atoms with Crippen molar-refractivity contribution >= 4 is 28.2 Å². The number of anilines is 2. The zero-order valence-electron chi connectivity index (χ0n) is 10.9. The standard InChI is InChI=1S/C13H16N4OS/c1-8-3-5-9(6-4-8)7-16-12(18)10-11(14)17-13(15-2)19-10/h3-6H,7,14H2,1-2H3,(H,15,17)(H,16,18). The minimum atomic E-state index is -0.197. The number of nitrogens with one attached hydrogen (secondary N) is 2. The Hall–Kier alpha value is -2.08. The van der Waals surface area contributed by atoms with E-state index >= 15 is 0 Å². The predicted octanol–water partition coefficient (Wildman–Crippen LogP) is 2.01. The Kier molecular flexibility index (Phi) is 4.01. The highest BCUT2D eigenvalue weighted by molar-refractivity contribution is 7.18. The molecule has 0 fully saturated rings. The predicted molar refractivity (Wildman–Crippen MR) is 78.4 cm³/mol. The number of benzene rings is 1. The number of nitrogen functional groups attached to an aromatic ring is 1. The van der Waals surface area contributed by atoms with E-state index in [0.29, 0.717) is 16.6 Å². The first-order valence-corrected chi connectivity index (χ1v) is 6.69. The number of aromatic nitrogens is 1. The van der Waals surface area contributed by atoms with Crippen LogP contribution in [0.5, 0.6) is 0 Å². The number of carbonyl (C=O) groups is 1. The van der Waals surface area contributed by atoms with Crippen LogP contribution in [0.2, 0.25) is 0 Å². The van der Waals surface area contributed by atoms with Crippen LogP contribution in [-0.2, 0) is 6.54 Å². The number of carbonyl (C=O) groups excluding carboxylic acids is 1. The summed E-state index contributed by atoms with van der Waals surface area (Å²) in [4.78, 5) is 16.5. The highest BCUT2D eigenvalue weighted by Crippen LogP contribution is 2.24. The molecule has 0 spiro atoms. The SMILES string of the molecule is CNc1nc(N)c(C(=O)NCc2ccc(C)cc2)s1. The Labute approximate surface area is 115 Å². The zero-order valence-corrected chi connectivity index (χ0v) is 11.7. The monoisotopic (exact) mass is 276 g/mol. The van der Waals surface area contributed by atoms with E-state index in [4.69, 9.17) is 5.73 Å². The van der Waals surface area contributed by atoms with Crippen LogP contribution in [0.4, 0.5) is 10.9 Å². The average Bonchev–Trinajstić information content (AvgIpc) is 2.79. The van der Waals surface area contributed by atoms with Crippen LogP contribution >= 0.6 is 11.3 Å². The Morgan fingerprint density at radius 3 is 2.63 bits per heavy atom. The molecular formula is C13H16N4OS. The van der Waals surface area contributed by atoms with E-state index < -0.39 is 0 Å². The Balaban J connectivity index is 2.01. The first-order valence-electron chi connectivity index (χ1n) is 5.88. The lowest BCUT2D eigenvalue weighted by Gasteiger charge is -2.04. The lowest BCUT2D eigenvalue weighted by Crippen LogP contribution is -2.22. The summed E-state index contributed by atoms with van der Waals surface area (Å²) in [7, 11) is 1.74. The van der Waals surface area contributed by atoms with Crippen LogP contribution in [0.15, 0.2) is 24.3 Å². The molecule has 100 valence electrons. The normalized spacial score (nSPS) is 10.2. The largest absolute Gasteiger partial charge is 0.382 e. The number of hydrogen-bond acceptors (Lipinski definition) is 5. The minimum Gasteiger partial charge on any atom is -0.382 e. The number of hydrogen-bond donors (Lipinski definition) is 3. The summed E-state index contributed by atoms with van der Waals surface area (Å²) in [5.41, 5.74) is 7.95. The average molecular weight is 276 g/mol. The van der Waals surface area contributed by atoms with Gasteiger partial charge in [0.2, 0.25) is 0 Å². The molecule has 19 heavy (non-hydrogen) atoms. The summed E-state index contributed by atoms with van der Waals surface area (Å²) in [6, 6.07) is 8.01. The van der Waals surface area contributed by atoms with Crippen molar-refractivity contribution in [3.63, 3.8) is 0 Å². The molecule has 6 heteroatoms. The van der Waals surface area contributed by atoms with Crippen LogP contribution in [-0.4, -0.2) is 17.9 Å².